The van der Waals surface area contributed by atoms with Gasteiger partial charge >= 0.3 is 11.1 Å². The first kappa shape index (κ1) is 6.44. The maximum atomic E-state index is 10.4. The third-order valence-corrected chi connectivity index (χ3v) is 0.965. The summed E-state index contributed by atoms with van der Waals surface area (Å²) in [7, 11) is 0. The summed E-state index contributed by atoms with van der Waals surface area (Å²) in [6, 6.07) is 0. The predicted molar refractivity (Wildman–Crippen MR) is 25.3 cm³/mol. The molecule has 0 bridgehead atoms. The summed E-state index contributed by atoms with van der Waals surface area (Å²) in [6.45, 7) is 0. The summed E-state index contributed by atoms with van der Waals surface area (Å²) in [4.78, 5) is 0. The van der Waals surface area contributed by atoms with E-state index in [0.717, 1.165) is 0 Å². The lowest BCUT2D eigenvalue weighted by Crippen LogP contribution is -1.80. The standard InChI is InChI=1S/C2Cl2NO4/c3-1-2(6)5(4)8-9-7-1. The molecule has 0 aromatic carbocycles. The molecule has 5 nitrogen and oxygen atoms in total. The van der Waals surface area contributed by atoms with Crippen molar-refractivity contribution in [3.8, 4) is 5.88 Å². The molecule has 0 atom stereocenters. The van der Waals surface area contributed by atoms with Crippen LogP contribution in [0.25, 0.3) is 0 Å². The van der Waals surface area contributed by atoms with Gasteiger partial charge in [-0.05, 0) is 15.9 Å². The Morgan fingerprint density at radius 3 is 2.67 bits per heavy atom. The van der Waals surface area contributed by atoms with Crippen molar-refractivity contribution >= 4 is 23.4 Å². The fourth-order valence-electron chi connectivity index (χ4n) is 0.210. The average molecular weight is 173 g/mol. The molecule has 1 radical (unpaired) electrons. The molecule has 1 aromatic heterocycles. The highest BCUT2D eigenvalue weighted by Gasteiger charge is 2.09. The minimum absolute atomic E-state index is 0.270. The van der Waals surface area contributed by atoms with Crippen LogP contribution in [0.5, 0.6) is 5.88 Å². The third-order valence-electron chi connectivity index (χ3n) is 0.531. The summed E-state index contributed by atoms with van der Waals surface area (Å²) in [5.41, 5.74) is 0. The first-order chi connectivity index (χ1) is 4.22. The van der Waals surface area contributed by atoms with Crippen LogP contribution < -0.4 is 0 Å². The van der Waals surface area contributed by atoms with Crippen molar-refractivity contribution in [1.82, 2.24) is 4.26 Å². The fraction of sp³-hybridized carbons (Fsp3) is 0. The lowest BCUT2D eigenvalue weighted by molar-refractivity contribution is -0.227. The maximum absolute atomic E-state index is 10.4. The molecule has 0 saturated carbocycles. The van der Waals surface area contributed by atoms with Crippen molar-refractivity contribution in [1.29, 1.82) is 0 Å². The highest BCUT2D eigenvalue weighted by atomic mass is 35.5. The van der Waals surface area contributed by atoms with E-state index in [4.69, 9.17) is 23.4 Å². The van der Waals surface area contributed by atoms with Gasteiger partial charge in [0.1, 0.15) is 0 Å². The molecule has 1 aromatic rings. The molecule has 0 spiro atoms. The summed E-state index contributed by atoms with van der Waals surface area (Å²) < 4.78 is 11.9. The topological polar surface area (TPSA) is 64.2 Å². The zero-order valence-electron chi connectivity index (χ0n) is 3.84. The molecule has 0 amide bonds. The molecule has 0 aliphatic heterocycles. The van der Waals surface area contributed by atoms with E-state index in [1.807, 2.05) is 0 Å². The Bertz CT molecular complexity index is 208. The van der Waals surface area contributed by atoms with E-state index in [9.17, 15) is 5.11 Å². The van der Waals surface area contributed by atoms with E-state index in [1.54, 1.807) is 0 Å². The molecule has 0 unspecified atom stereocenters. The molecule has 0 aliphatic carbocycles. The lowest BCUT2D eigenvalue weighted by atomic mass is 10.9. The Morgan fingerprint density at radius 1 is 1.56 bits per heavy atom. The second-order valence-electron chi connectivity index (χ2n) is 1.05. The van der Waals surface area contributed by atoms with E-state index >= 15 is 0 Å². The summed E-state index contributed by atoms with van der Waals surface area (Å²) in [6.07, 6.45) is 0. The van der Waals surface area contributed by atoms with Gasteiger partial charge in [-0.15, -0.1) is 4.68 Å². The van der Waals surface area contributed by atoms with E-state index < -0.39 is 11.1 Å². The molecule has 0 saturated heterocycles. The van der Waals surface area contributed by atoms with Gasteiger partial charge in [0.2, 0.25) is 0 Å². The number of nitrogens with zero attached hydrogens (tertiary/aromatic N) is 1. The van der Waals surface area contributed by atoms with Crippen molar-refractivity contribution < 1.29 is 19.1 Å². The Balaban J connectivity index is 3.25. The van der Waals surface area contributed by atoms with Gasteiger partial charge in [0, 0.05) is 0 Å². The molecule has 1 heterocycles. The van der Waals surface area contributed by atoms with Crippen molar-refractivity contribution in [2.45, 2.75) is 0 Å². The highest BCUT2D eigenvalue weighted by molar-refractivity contribution is 6.30. The molecule has 9 heavy (non-hydrogen) atoms. The minimum Gasteiger partial charge on any atom is -0.259 e. The summed E-state index contributed by atoms with van der Waals surface area (Å²) in [5, 5.41) is 9.92. The zero-order valence-corrected chi connectivity index (χ0v) is 5.35. The van der Waals surface area contributed by atoms with E-state index in [2.05, 4.69) is 14.0 Å². The van der Waals surface area contributed by atoms with E-state index in [-0.39, 0.29) is 4.26 Å². The first-order valence-corrected chi connectivity index (χ1v) is 2.47. The van der Waals surface area contributed by atoms with Crippen LogP contribution in [0.2, 0.25) is 5.22 Å². The van der Waals surface area contributed by atoms with Gasteiger partial charge in [0.25, 0.3) is 0 Å². The zero-order chi connectivity index (χ0) is 6.85. The molecule has 0 aliphatic rings. The van der Waals surface area contributed by atoms with Crippen molar-refractivity contribution in [2.75, 3.05) is 0 Å². The van der Waals surface area contributed by atoms with Gasteiger partial charge < -0.3 is 0 Å². The van der Waals surface area contributed by atoms with Crippen LogP contribution in [0.4, 0.5) is 0 Å². The van der Waals surface area contributed by atoms with Crippen LogP contribution in [-0.2, 0) is 5.11 Å². The number of aromatic nitrogens is 1. The van der Waals surface area contributed by atoms with E-state index in [1.165, 1.54) is 0 Å². The number of halogens is 2. The van der Waals surface area contributed by atoms with Crippen molar-refractivity contribution in [3.05, 3.63) is 5.22 Å². The molecule has 0 fully saturated rings. The number of hydrogen-bond donors (Lipinski definition) is 0. The fourth-order valence-corrected chi connectivity index (χ4v) is 0.456. The van der Waals surface area contributed by atoms with Gasteiger partial charge in [0.15, 0.2) is 0 Å². The van der Waals surface area contributed by atoms with Gasteiger partial charge in [0.05, 0.1) is 11.8 Å². The van der Waals surface area contributed by atoms with Crippen LogP contribution in [0.3, 0.4) is 0 Å². The van der Waals surface area contributed by atoms with Crippen molar-refractivity contribution in [2.24, 2.45) is 0 Å². The SMILES string of the molecule is [O]c1c(Cl)ooon1Cl. The van der Waals surface area contributed by atoms with Gasteiger partial charge in [-0.1, -0.05) is 4.74 Å². The average Bonchev–Trinajstić information content (AvgIpc) is 1.83. The van der Waals surface area contributed by atoms with Gasteiger partial charge in [-0.3, -0.25) is 5.11 Å². The summed E-state index contributed by atoms with van der Waals surface area (Å²) in [5.74, 6) is -0.815. The second-order valence-corrected chi connectivity index (χ2v) is 1.70. The molecule has 51 valence electrons. The molecule has 7 heteroatoms. The monoisotopic (exact) mass is 172 g/mol. The van der Waals surface area contributed by atoms with Gasteiger partial charge in [-0.25, -0.2) is 4.58 Å². The highest BCUT2D eigenvalue weighted by Crippen LogP contribution is 2.22. The molecular weight excluding hydrogens is 173 g/mol. The smallest absolute Gasteiger partial charge is 0.259 e. The van der Waals surface area contributed by atoms with Gasteiger partial charge in [-0.2, -0.15) is 0 Å². The Labute approximate surface area is 58.6 Å². The maximum Gasteiger partial charge on any atom is 0.359 e. The number of rotatable bonds is 0. The largest absolute Gasteiger partial charge is 0.359 e. The predicted octanol–water partition coefficient (Wildman–Crippen LogP) is 2.19. The van der Waals surface area contributed by atoms with E-state index in [0.29, 0.717) is 0 Å². The first-order valence-electron chi connectivity index (χ1n) is 1.76. The quantitative estimate of drug-likeness (QED) is 0.564. The normalized spacial score (nSPS) is 9.56. The molecule has 0 N–H and O–H groups in total. The van der Waals surface area contributed by atoms with Crippen molar-refractivity contribution in [3.63, 3.8) is 0 Å². The van der Waals surface area contributed by atoms with Crippen LogP contribution in [0.1, 0.15) is 0 Å². The Hall–Kier alpha value is -0.680. The number of hydrogen-bond acceptors (Lipinski definition) is 3. The van der Waals surface area contributed by atoms with Crippen LogP contribution in [0.15, 0.2) is 14.0 Å². The Kier molecular flexibility index (Phi) is 1.63. The van der Waals surface area contributed by atoms with Crippen LogP contribution >= 0.6 is 23.4 Å². The molecular formula is C2Cl2NO4. The Morgan fingerprint density at radius 2 is 2.22 bits per heavy atom. The third kappa shape index (κ3) is 1.17. The second kappa shape index (κ2) is 2.28. The van der Waals surface area contributed by atoms with Crippen LogP contribution in [-0.4, -0.2) is 4.26 Å². The molecule has 1 rings (SSSR count). The minimum atomic E-state index is -0.815. The lowest BCUT2D eigenvalue weighted by Gasteiger charge is -1.89. The van der Waals surface area contributed by atoms with Crippen LogP contribution in [0, 0.1) is 0 Å². The summed E-state index contributed by atoms with van der Waals surface area (Å²) >= 11 is 10.1.